The molecule has 0 N–H and O–H groups in total. The molecule has 3 heterocycles. The van der Waals surface area contributed by atoms with Crippen molar-refractivity contribution in [2.24, 2.45) is 5.41 Å². The van der Waals surface area contributed by atoms with E-state index in [1.807, 2.05) is 28.7 Å². The third-order valence-corrected chi connectivity index (χ3v) is 6.87. The largest absolute Gasteiger partial charge is 0.339 e. The molecule has 1 amide bonds. The van der Waals surface area contributed by atoms with Crippen molar-refractivity contribution in [2.45, 2.75) is 45.2 Å². The van der Waals surface area contributed by atoms with E-state index >= 15 is 0 Å². The van der Waals surface area contributed by atoms with Crippen molar-refractivity contribution in [3.63, 3.8) is 0 Å². The van der Waals surface area contributed by atoms with Gasteiger partial charge in [0.1, 0.15) is 5.01 Å². The number of carbonyl (C=O) groups excluding carboxylic acids is 1. The molecule has 5 nitrogen and oxygen atoms in total. The predicted octanol–water partition coefficient (Wildman–Crippen LogP) is 3.23. The molecule has 2 aromatic heterocycles. The maximum atomic E-state index is 12.9. The first-order chi connectivity index (χ1) is 12.6. The van der Waals surface area contributed by atoms with E-state index < -0.39 is 0 Å². The Morgan fingerprint density at radius 1 is 1.38 bits per heavy atom. The van der Waals surface area contributed by atoms with Crippen LogP contribution < -0.4 is 0 Å². The first kappa shape index (κ1) is 17.6. The highest BCUT2D eigenvalue weighted by atomic mass is 32.1. The molecule has 6 heteroatoms. The van der Waals surface area contributed by atoms with Crippen LogP contribution in [0.3, 0.4) is 0 Å². The number of thiazole rings is 1. The van der Waals surface area contributed by atoms with Gasteiger partial charge >= 0.3 is 0 Å². The molecule has 2 aliphatic rings. The van der Waals surface area contributed by atoms with Crippen LogP contribution in [-0.2, 0) is 13.0 Å². The van der Waals surface area contributed by atoms with Crippen LogP contribution in [0, 0.1) is 5.41 Å². The van der Waals surface area contributed by atoms with Crippen LogP contribution in [-0.4, -0.2) is 51.9 Å². The number of carbonyl (C=O) groups is 1. The van der Waals surface area contributed by atoms with Crippen LogP contribution in [0.25, 0.3) is 0 Å². The zero-order valence-corrected chi connectivity index (χ0v) is 16.3. The lowest BCUT2D eigenvalue weighted by Gasteiger charge is -2.34. The Kier molecular flexibility index (Phi) is 4.80. The topological polar surface area (TPSA) is 49.3 Å². The summed E-state index contributed by atoms with van der Waals surface area (Å²) in [5.74, 6) is 0.174. The second-order valence-electron chi connectivity index (χ2n) is 7.60. The van der Waals surface area contributed by atoms with Crippen molar-refractivity contribution in [3.05, 3.63) is 46.2 Å². The van der Waals surface area contributed by atoms with E-state index in [0.717, 1.165) is 50.0 Å². The van der Waals surface area contributed by atoms with Crippen LogP contribution >= 0.6 is 11.3 Å². The molecular formula is C20H26N4OS. The van der Waals surface area contributed by atoms with Crippen molar-refractivity contribution >= 4 is 17.2 Å². The van der Waals surface area contributed by atoms with E-state index in [-0.39, 0.29) is 5.91 Å². The Hall–Kier alpha value is -1.79. The van der Waals surface area contributed by atoms with Crippen LogP contribution in [0.1, 0.15) is 47.1 Å². The van der Waals surface area contributed by atoms with Gasteiger partial charge in [-0.2, -0.15) is 0 Å². The molecule has 2 aromatic rings. The van der Waals surface area contributed by atoms with Gasteiger partial charge in [0.2, 0.25) is 0 Å². The number of likely N-dealkylation sites (tertiary alicyclic amines) is 1. The highest BCUT2D eigenvalue weighted by Crippen LogP contribution is 2.56. The smallest absolute Gasteiger partial charge is 0.254 e. The van der Waals surface area contributed by atoms with Gasteiger partial charge in [0.25, 0.3) is 5.91 Å². The van der Waals surface area contributed by atoms with E-state index in [1.165, 1.54) is 11.4 Å². The molecule has 26 heavy (non-hydrogen) atoms. The summed E-state index contributed by atoms with van der Waals surface area (Å²) in [7, 11) is 2.21. The minimum Gasteiger partial charge on any atom is -0.339 e. The number of nitrogens with zero attached hydrogens (tertiary/aromatic N) is 4. The number of piperidine rings is 1. The number of aryl methyl sites for hydroxylation is 1. The predicted molar refractivity (Wildman–Crippen MR) is 103 cm³/mol. The third kappa shape index (κ3) is 3.28. The molecule has 138 valence electrons. The Balaban J connectivity index is 1.35. The highest BCUT2D eigenvalue weighted by molar-refractivity contribution is 7.09. The van der Waals surface area contributed by atoms with E-state index in [9.17, 15) is 4.79 Å². The van der Waals surface area contributed by atoms with E-state index in [2.05, 4.69) is 28.8 Å². The van der Waals surface area contributed by atoms with Crippen LogP contribution in [0.5, 0.6) is 0 Å². The highest BCUT2D eigenvalue weighted by Gasteiger charge is 2.56. The van der Waals surface area contributed by atoms with E-state index in [0.29, 0.717) is 11.5 Å². The molecule has 1 saturated carbocycles. The van der Waals surface area contributed by atoms with Gasteiger partial charge in [-0.05, 0) is 49.8 Å². The van der Waals surface area contributed by atoms with Gasteiger partial charge in [-0.1, -0.05) is 6.92 Å². The normalized spacial score (nSPS) is 21.3. The third-order valence-electron chi connectivity index (χ3n) is 6.11. The molecule has 0 aromatic carbocycles. The quantitative estimate of drug-likeness (QED) is 0.811. The first-order valence-electron chi connectivity index (χ1n) is 9.44. The number of hydrogen-bond acceptors (Lipinski definition) is 5. The molecule has 1 atom stereocenters. The van der Waals surface area contributed by atoms with Gasteiger partial charge < -0.3 is 4.90 Å². The molecule has 2 fully saturated rings. The lowest BCUT2D eigenvalue weighted by Crippen LogP contribution is -2.41. The number of pyridine rings is 1. The average molecular weight is 371 g/mol. The van der Waals surface area contributed by atoms with Gasteiger partial charge in [0.15, 0.2) is 0 Å². The number of rotatable bonds is 5. The first-order valence-corrected chi connectivity index (χ1v) is 10.3. The fourth-order valence-electron chi connectivity index (χ4n) is 4.38. The summed E-state index contributed by atoms with van der Waals surface area (Å²) in [6.07, 6.45) is 9.74. The molecule has 1 aliphatic heterocycles. The molecule has 1 aliphatic carbocycles. The zero-order chi connectivity index (χ0) is 18.1. The van der Waals surface area contributed by atoms with E-state index in [1.54, 1.807) is 17.5 Å². The second kappa shape index (κ2) is 7.08. The van der Waals surface area contributed by atoms with Gasteiger partial charge in [0, 0.05) is 48.7 Å². The summed E-state index contributed by atoms with van der Waals surface area (Å²) in [5.41, 5.74) is 2.28. The Bertz CT molecular complexity index is 768. The summed E-state index contributed by atoms with van der Waals surface area (Å²) >= 11 is 1.73. The van der Waals surface area contributed by atoms with Crippen molar-refractivity contribution in [2.75, 3.05) is 20.1 Å². The Morgan fingerprint density at radius 3 is 2.88 bits per heavy atom. The fraction of sp³-hybridized carbons (Fsp3) is 0.550. The maximum Gasteiger partial charge on any atom is 0.254 e. The van der Waals surface area contributed by atoms with Crippen LogP contribution in [0.15, 0.2) is 30.0 Å². The van der Waals surface area contributed by atoms with Gasteiger partial charge in [-0.15, -0.1) is 11.3 Å². The fourth-order valence-corrected chi connectivity index (χ4v) is 5.06. The summed E-state index contributed by atoms with van der Waals surface area (Å²) in [5, 5.41) is 3.23. The Labute approximate surface area is 159 Å². The molecule has 1 saturated heterocycles. The number of aromatic nitrogens is 2. The molecule has 4 rings (SSSR count). The summed E-state index contributed by atoms with van der Waals surface area (Å²) in [6, 6.07) is 2.50. The van der Waals surface area contributed by atoms with Crippen molar-refractivity contribution in [1.82, 2.24) is 19.8 Å². The lowest BCUT2D eigenvalue weighted by atomic mass is 9.91. The van der Waals surface area contributed by atoms with Crippen molar-refractivity contribution in [3.8, 4) is 0 Å². The van der Waals surface area contributed by atoms with Gasteiger partial charge in [-0.3, -0.25) is 14.7 Å². The molecule has 0 unspecified atom stereocenters. The van der Waals surface area contributed by atoms with Crippen LogP contribution in [0.2, 0.25) is 0 Å². The minimum absolute atomic E-state index is 0.174. The molecular weight excluding hydrogens is 344 g/mol. The van der Waals surface area contributed by atoms with Crippen LogP contribution in [0.4, 0.5) is 0 Å². The number of amides is 1. The summed E-state index contributed by atoms with van der Waals surface area (Å²) in [6.45, 7) is 4.74. The molecule has 1 spiro atoms. The zero-order valence-electron chi connectivity index (χ0n) is 15.5. The monoisotopic (exact) mass is 370 g/mol. The van der Waals surface area contributed by atoms with Crippen molar-refractivity contribution < 1.29 is 4.79 Å². The lowest BCUT2D eigenvalue weighted by molar-refractivity contribution is 0.0656. The van der Waals surface area contributed by atoms with Gasteiger partial charge in [-0.25, -0.2) is 4.98 Å². The maximum absolute atomic E-state index is 12.9. The molecule has 0 bridgehead atoms. The molecule has 0 radical (unpaired) electrons. The summed E-state index contributed by atoms with van der Waals surface area (Å²) in [4.78, 5) is 26.0. The summed E-state index contributed by atoms with van der Waals surface area (Å²) < 4.78 is 0. The standard InChI is InChI=1S/C20H26N4OS/c1-3-15-13-21-7-4-16(15)19(25)24-9-5-20(6-10-24)12-17(20)23(2)14-18-22-8-11-26-18/h4,7-8,11,13,17H,3,5-6,9-10,12,14H2,1-2H3/t17-/m1/s1. The average Bonchev–Trinajstić information content (AvgIpc) is 3.12. The van der Waals surface area contributed by atoms with Crippen molar-refractivity contribution in [1.29, 1.82) is 0 Å². The minimum atomic E-state index is 0.174. The van der Waals surface area contributed by atoms with Gasteiger partial charge in [0.05, 0.1) is 6.54 Å². The number of hydrogen-bond donors (Lipinski definition) is 0. The SMILES string of the molecule is CCc1cnccc1C(=O)N1CCC2(CC1)C[C@H]2N(C)Cc1nccs1. The second-order valence-corrected chi connectivity index (χ2v) is 8.58. The van der Waals surface area contributed by atoms with E-state index in [4.69, 9.17) is 0 Å². The Morgan fingerprint density at radius 2 is 2.19 bits per heavy atom.